The lowest BCUT2D eigenvalue weighted by molar-refractivity contribution is 0.0224. The summed E-state index contributed by atoms with van der Waals surface area (Å²) in [5, 5.41) is 47.7. The van der Waals surface area contributed by atoms with Crippen LogP contribution in [0.2, 0.25) is 0 Å². The molecule has 69 heavy (non-hydrogen) atoms. The molecule has 19 nitrogen and oxygen atoms in total. The zero-order valence-corrected chi connectivity index (χ0v) is 44.0. The van der Waals surface area contributed by atoms with E-state index in [1.165, 1.54) is 30.3 Å². The number of esters is 1. The molecule has 0 bridgehead atoms. The predicted octanol–water partition coefficient (Wildman–Crippen LogP) is 3.24. The number of aromatic hydroxyl groups is 2. The van der Waals surface area contributed by atoms with E-state index in [9.17, 15) is 19.8 Å². The van der Waals surface area contributed by atoms with E-state index in [1.54, 1.807) is 24.3 Å². The molecule has 10 N–H and O–H groups in total. The van der Waals surface area contributed by atoms with Crippen LogP contribution in [0.15, 0.2) is 54.6 Å². The smallest absolute Gasteiger partial charge is 0.340 e. The third-order valence-corrected chi connectivity index (χ3v) is 11.1. The van der Waals surface area contributed by atoms with Crippen molar-refractivity contribution in [1.29, 1.82) is 0 Å². The summed E-state index contributed by atoms with van der Waals surface area (Å²) in [4.78, 5) is 46.4. The predicted molar refractivity (Wildman–Crippen MR) is 288 cm³/mol. The van der Waals surface area contributed by atoms with E-state index < -0.39 is 11.6 Å². The first-order chi connectivity index (χ1) is 29.9. The van der Waals surface area contributed by atoms with Crippen molar-refractivity contribution >= 4 is 129 Å². The Morgan fingerprint density at radius 3 is 1.43 bits per heavy atom. The number of ether oxygens (including phenoxy) is 2. The summed E-state index contributed by atoms with van der Waals surface area (Å²) in [6, 6.07) is 14.0. The van der Waals surface area contributed by atoms with E-state index in [2.05, 4.69) is 52.3 Å². The quantitative estimate of drug-likeness (QED) is 0.0946. The molecule has 0 unspecified atom stereocenters. The Balaban J connectivity index is 0.00000578. The van der Waals surface area contributed by atoms with E-state index in [0.717, 1.165) is 78.5 Å². The summed E-state index contributed by atoms with van der Waals surface area (Å²) in [5.41, 5.74) is 0.617. The minimum Gasteiger partial charge on any atom is -0.508 e. The van der Waals surface area contributed by atoms with Crippen molar-refractivity contribution < 1.29 is 29.3 Å². The zero-order valence-electron chi connectivity index (χ0n) is 37.5. The average Bonchev–Trinajstić information content (AvgIpc) is 3.53. The summed E-state index contributed by atoms with van der Waals surface area (Å²) in [6.45, 7) is 13.6. The van der Waals surface area contributed by atoms with Crippen LogP contribution in [0.4, 0.5) is 17.8 Å². The highest BCUT2D eigenvalue weighted by Gasteiger charge is 2.53. The maximum absolute atomic E-state index is 13.6. The Kier molecular flexibility index (Phi) is 30.1. The first kappa shape index (κ1) is 65.5. The molecule has 5 heterocycles. The number of phenolic OH excluding ortho intramolecular Hbond substituents is 2. The fourth-order valence-electron chi connectivity index (χ4n) is 7.95. The fourth-order valence-corrected chi connectivity index (χ4v) is 7.95. The minimum absolute atomic E-state index is 0. The molecule has 1 aromatic heterocycles. The second kappa shape index (κ2) is 31.7. The number of amides is 1. The molecule has 0 aliphatic carbocycles. The van der Waals surface area contributed by atoms with Crippen molar-refractivity contribution in [1.82, 2.24) is 52.2 Å². The number of halogens is 8. The van der Waals surface area contributed by atoms with Gasteiger partial charge in [-0.1, -0.05) is 6.07 Å². The maximum atomic E-state index is 13.6. The molecule has 27 heteroatoms. The van der Waals surface area contributed by atoms with Gasteiger partial charge in [0.05, 0.1) is 5.56 Å². The van der Waals surface area contributed by atoms with Crippen LogP contribution < -0.4 is 57.1 Å². The van der Waals surface area contributed by atoms with Gasteiger partial charge in [0.25, 0.3) is 5.91 Å². The number of hydrogen-bond donors (Lipinski definition) is 10. The number of nitrogens with zero attached hydrogens (tertiary/aromatic N) is 5. The monoisotopic (exact) mass is 1130 g/mol. The fraction of sp³-hybridized carbons (Fsp3) is 0.452. The van der Waals surface area contributed by atoms with Gasteiger partial charge in [0, 0.05) is 152 Å². The number of nitrogens with one attached hydrogen (secondary N) is 8. The number of anilines is 3. The highest BCUT2D eigenvalue weighted by molar-refractivity contribution is 6.01. The third kappa shape index (κ3) is 16.0. The molecular formula is C42H63Cl8N13O6. The maximum Gasteiger partial charge on any atom is 0.340 e. The van der Waals surface area contributed by atoms with Crippen LogP contribution in [-0.2, 0) is 10.3 Å². The molecule has 0 atom stereocenters. The van der Waals surface area contributed by atoms with Crippen molar-refractivity contribution in [2.45, 2.75) is 5.60 Å². The van der Waals surface area contributed by atoms with Crippen LogP contribution in [0.25, 0.3) is 0 Å². The molecule has 0 radical (unpaired) electrons. The summed E-state index contributed by atoms with van der Waals surface area (Å²) in [6.07, 6.45) is 0. The van der Waals surface area contributed by atoms with Gasteiger partial charge in [0.1, 0.15) is 23.0 Å². The second-order valence-corrected chi connectivity index (χ2v) is 15.2. The SMILES string of the molecule is Cl.Cl.Cl.Cl.Cl.Cl.Cl.Cl.O=C(NCCNc1nc(N2CCNCCNCCNCC2)nc(N2CCNCCNCCNCC2)n1)c1ccc2c(c1)C(=O)OC21c2ccc(O)cc2Oc2cc(O)ccc21. The van der Waals surface area contributed by atoms with Gasteiger partial charge in [0.15, 0.2) is 5.60 Å². The lowest BCUT2D eigenvalue weighted by Crippen LogP contribution is -2.43. The Labute approximate surface area is 451 Å². The van der Waals surface area contributed by atoms with Gasteiger partial charge in [0.2, 0.25) is 17.8 Å². The van der Waals surface area contributed by atoms with Crippen molar-refractivity contribution in [2.75, 3.05) is 133 Å². The van der Waals surface area contributed by atoms with Crippen molar-refractivity contribution in [3.05, 3.63) is 82.4 Å². The average molecular weight is 1130 g/mol. The molecule has 3 aromatic carbocycles. The molecule has 0 saturated carbocycles. The number of aromatic nitrogens is 3. The van der Waals surface area contributed by atoms with Crippen LogP contribution in [0.5, 0.6) is 23.0 Å². The number of rotatable bonds is 7. The van der Waals surface area contributed by atoms with Crippen molar-refractivity contribution in [3.8, 4) is 23.0 Å². The Morgan fingerprint density at radius 2 is 0.986 bits per heavy atom. The summed E-state index contributed by atoms with van der Waals surface area (Å²) in [5.74, 6) is 1.07. The van der Waals surface area contributed by atoms with Crippen LogP contribution in [0.3, 0.4) is 0 Å². The van der Waals surface area contributed by atoms with Crippen molar-refractivity contribution in [3.63, 3.8) is 0 Å². The molecular weight excluding hydrogens is 1070 g/mol. The van der Waals surface area contributed by atoms with Crippen molar-refractivity contribution in [2.24, 2.45) is 0 Å². The lowest BCUT2D eigenvalue weighted by Gasteiger charge is -2.36. The van der Waals surface area contributed by atoms with Gasteiger partial charge in [-0.05, 0) is 36.4 Å². The molecule has 1 amide bonds. The van der Waals surface area contributed by atoms with Gasteiger partial charge in [-0.15, -0.1) is 99.3 Å². The Morgan fingerprint density at radius 1 is 0.565 bits per heavy atom. The number of hydrogen-bond acceptors (Lipinski definition) is 18. The topological polar surface area (TPSA) is 234 Å². The number of fused-ring (bicyclic) bond motifs is 6. The lowest BCUT2D eigenvalue weighted by atomic mass is 9.77. The number of carbonyl (C=O) groups excluding carboxylic acids is 2. The molecule has 1 spiro atoms. The molecule has 2 saturated heterocycles. The molecule has 4 aliphatic rings. The molecule has 388 valence electrons. The molecule has 8 rings (SSSR count). The first-order valence-corrected chi connectivity index (χ1v) is 21.1. The minimum atomic E-state index is -1.42. The van der Waals surface area contributed by atoms with Crippen LogP contribution >= 0.6 is 99.3 Å². The highest BCUT2D eigenvalue weighted by Crippen LogP contribution is 2.57. The number of phenols is 2. The van der Waals surface area contributed by atoms with Gasteiger partial charge in [-0.25, -0.2) is 4.79 Å². The highest BCUT2D eigenvalue weighted by atomic mass is 35.5. The van der Waals surface area contributed by atoms with Crippen LogP contribution in [0, 0.1) is 0 Å². The largest absolute Gasteiger partial charge is 0.508 e. The summed E-state index contributed by atoms with van der Waals surface area (Å²) < 4.78 is 12.2. The number of benzene rings is 3. The van der Waals surface area contributed by atoms with E-state index in [1.807, 2.05) is 0 Å². The zero-order chi connectivity index (χ0) is 42.0. The summed E-state index contributed by atoms with van der Waals surface area (Å²) in [7, 11) is 0. The normalized spacial score (nSPS) is 16.6. The molecule has 4 aromatic rings. The second-order valence-electron chi connectivity index (χ2n) is 15.2. The van der Waals surface area contributed by atoms with Gasteiger partial charge < -0.3 is 72.0 Å². The van der Waals surface area contributed by atoms with Crippen LogP contribution in [-0.4, -0.2) is 155 Å². The van der Waals surface area contributed by atoms with E-state index in [0.29, 0.717) is 67.3 Å². The standard InChI is InChI=1S/C42H55N13O6.8ClH/c56-29-2-5-33-35(26-29)60-36-27-30(57)3-6-34(36)42(33)32-4-1-28(25-31(32)38(59)61-42)37(58)49-15-16-50-39-51-40(54-21-17-45-11-7-43-8-12-46-18-22-54)53-41(52-39)55-23-19-47-13-9-44-10-14-48-20-24-55;;;;;;;;/h1-6,25-27,43-48,56-57H,7-24H2,(H,49,58)(H,50,51,52,53);8*1H. The molecule has 4 aliphatic heterocycles. The van der Waals surface area contributed by atoms with Crippen LogP contribution in [0.1, 0.15) is 37.4 Å². The van der Waals surface area contributed by atoms with E-state index in [4.69, 9.17) is 24.4 Å². The van der Waals surface area contributed by atoms with E-state index in [-0.39, 0.29) is 146 Å². The molecule has 2 fully saturated rings. The summed E-state index contributed by atoms with van der Waals surface area (Å²) >= 11 is 0. The Bertz CT molecular complexity index is 2090. The number of carbonyl (C=O) groups is 2. The van der Waals surface area contributed by atoms with Gasteiger partial charge in [-0.2, -0.15) is 15.0 Å². The third-order valence-electron chi connectivity index (χ3n) is 11.1. The van der Waals surface area contributed by atoms with Gasteiger partial charge in [-0.3, -0.25) is 4.79 Å². The van der Waals surface area contributed by atoms with Gasteiger partial charge >= 0.3 is 5.97 Å². The first-order valence-electron chi connectivity index (χ1n) is 21.1. The van der Waals surface area contributed by atoms with E-state index >= 15 is 0 Å². The Hall–Kier alpha value is -3.51.